The molecule has 0 heterocycles. The van der Waals surface area contributed by atoms with Crippen LogP contribution in [0.3, 0.4) is 0 Å². The van der Waals surface area contributed by atoms with Crippen molar-refractivity contribution in [2.45, 2.75) is 13.5 Å². The maximum atomic E-state index is 11.5. The molecule has 92 valence electrons. The number of ether oxygens (including phenoxy) is 2. The minimum Gasteiger partial charge on any atom is -0.461 e. The number of rotatable bonds is 8. The van der Waals surface area contributed by atoms with Gasteiger partial charge < -0.3 is 14.9 Å². The maximum absolute atomic E-state index is 11.5. The minimum absolute atomic E-state index is 0.0525. The van der Waals surface area contributed by atoms with Crippen molar-refractivity contribution in [2.75, 3.05) is 19.8 Å². The number of halogens is 2. The van der Waals surface area contributed by atoms with Crippen LogP contribution in [0.15, 0.2) is 5.10 Å². The second kappa shape index (κ2) is 8.72. The van der Waals surface area contributed by atoms with Gasteiger partial charge in [-0.1, -0.05) is 0 Å². The smallest absolute Gasteiger partial charge is 0.357 e. The largest absolute Gasteiger partial charge is 0.461 e. The second-order valence-electron chi connectivity index (χ2n) is 2.43. The molecule has 0 aromatic rings. The first-order valence-corrected chi connectivity index (χ1v) is 4.49. The van der Waals surface area contributed by atoms with E-state index >= 15 is 0 Å². The zero-order chi connectivity index (χ0) is 12.4. The third-order valence-electron chi connectivity index (χ3n) is 1.24. The van der Waals surface area contributed by atoms with Gasteiger partial charge in [0.05, 0.1) is 26.0 Å². The average molecular weight is 237 g/mol. The summed E-state index contributed by atoms with van der Waals surface area (Å²) in [6.07, 6.45) is 0.931. The van der Waals surface area contributed by atoms with Gasteiger partial charge in [-0.25, -0.2) is 4.79 Å². The molecule has 8 heteroatoms. The number of nitrogens with zero attached hydrogens (tertiary/aromatic N) is 1. The summed E-state index contributed by atoms with van der Waals surface area (Å²) in [5.41, 5.74) is 1.90. The molecule has 16 heavy (non-hydrogen) atoms. The predicted molar refractivity (Wildman–Crippen MR) is 52.8 cm³/mol. The van der Waals surface area contributed by atoms with Crippen LogP contribution in [-0.4, -0.2) is 44.3 Å². The number of nitrogens with one attached hydrogen (secondary N) is 2. The minimum atomic E-state index is -2.82. The van der Waals surface area contributed by atoms with E-state index in [1.165, 1.54) is 0 Å². The average Bonchev–Trinajstić information content (AvgIpc) is 2.22. The van der Waals surface area contributed by atoms with E-state index in [1.807, 2.05) is 0 Å². The molecule has 0 aliphatic rings. The molecule has 0 aliphatic heterocycles. The van der Waals surface area contributed by atoms with Crippen LogP contribution in [0, 0.1) is 5.41 Å². The SMILES string of the molecule is CCOC(=O)C(=N)/C=N\NCCOC(F)F. The Morgan fingerprint density at radius 2 is 2.31 bits per heavy atom. The van der Waals surface area contributed by atoms with Crippen molar-refractivity contribution in [3.63, 3.8) is 0 Å². The Labute approximate surface area is 91.1 Å². The highest BCUT2D eigenvalue weighted by Crippen LogP contribution is 1.91. The number of hydrogen-bond donors (Lipinski definition) is 2. The highest BCUT2D eigenvalue weighted by Gasteiger charge is 2.06. The predicted octanol–water partition coefficient (Wildman–Crippen LogP) is 0.384. The third-order valence-corrected chi connectivity index (χ3v) is 1.24. The Morgan fingerprint density at radius 1 is 1.62 bits per heavy atom. The van der Waals surface area contributed by atoms with Crippen LogP contribution in [0.5, 0.6) is 0 Å². The van der Waals surface area contributed by atoms with Crippen LogP contribution in [0.25, 0.3) is 0 Å². The lowest BCUT2D eigenvalue weighted by molar-refractivity contribution is -0.134. The van der Waals surface area contributed by atoms with Gasteiger partial charge in [0, 0.05) is 0 Å². The van der Waals surface area contributed by atoms with Crippen molar-refractivity contribution >= 4 is 17.9 Å². The maximum Gasteiger partial charge on any atom is 0.357 e. The Morgan fingerprint density at radius 3 is 2.88 bits per heavy atom. The van der Waals surface area contributed by atoms with Gasteiger partial charge >= 0.3 is 12.6 Å². The number of alkyl halides is 2. The molecule has 0 saturated carbocycles. The Hall–Kier alpha value is -1.57. The quantitative estimate of drug-likeness (QED) is 0.277. The molecule has 0 radical (unpaired) electrons. The molecule has 2 N–H and O–H groups in total. The molecule has 0 rings (SSSR count). The standard InChI is InChI=1S/C8H13F2N3O3/c1-2-15-7(14)6(11)5-13-12-3-4-16-8(9)10/h5,8,11-12H,2-4H2,1H3/b11-6?,13-5-. The molecule has 0 saturated heterocycles. The summed E-state index contributed by atoms with van der Waals surface area (Å²) in [7, 11) is 0. The van der Waals surface area contributed by atoms with Gasteiger partial charge in [0.25, 0.3) is 0 Å². The molecule has 0 aliphatic carbocycles. The number of hydrogen-bond acceptors (Lipinski definition) is 6. The Bertz CT molecular complexity index is 259. The molecule has 6 nitrogen and oxygen atoms in total. The summed E-state index contributed by atoms with van der Waals surface area (Å²) in [6, 6.07) is 0. The van der Waals surface area contributed by atoms with E-state index in [9.17, 15) is 13.6 Å². The van der Waals surface area contributed by atoms with E-state index in [-0.39, 0.29) is 19.8 Å². The number of carbonyl (C=O) groups excluding carboxylic acids is 1. The molecular formula is C8H13F2N3O3. The zero-order valence-corrected chi connectivity index (χ0v) is 8.70. The van der Waals surface area contributed by atoms with Crippen molar-refractivity contribution in [1.29, 1.82) is 5.41 Å². The summed E-state index contributed by atoms with van der Waals surface area (Å²) in [5.74, 6) is -0.795. The monoisotopic (exact) mass is 237 g/mol. The van der Waals surface area contributed by atoms with E-state index < -0.39 is 18.3 Å². The van der Waals surface area contributed by atoms with Crippen molar-refractivity contribution in [1.82, 2.24) is 5.43 Å². The summed E-state index contributed by atoms with van der Waals surface area (Å²) >= 11 is 0. The van der Waals surface area contributed by atoms with Crippen molar-refractivity contribution in [3.8, 4) is 0 Å². The highest BCUT2D eigenvalue weighted by atomic mass is 19.3. The molecule has 0 fully saturated rings. The van der Waals surface area contributed by atoms with Crippen LogP contribution in [0.4, 0.5) is 8.78 Å². The molecular weight excluding hydrogens is 224 g/mol. The molecule has 0 spiro atoms. The zero-order valence-electron chi connectivity index (χ0n) is 8.70. The van der Waals surface area contributed by atoms with Gasteiger partial charge in [0.15, 0.2) is 5.71 Å². The lowest BCUT2D eigenvalue weighted by atomic mass is 10.4. The Kier molecular flexibility index (Phi) is 7.86. The van der Waals surface area contributed by atoms with E-state index in [0.717, 1.165) is 6.21 Å². The molecule has 0 aromatic heterocycles. The first-order chi connectivity index (χ1) is 7.57. The van der Waals surface area contributed by atoms with Gasteiger partial charge in [0.2, 0.25) is 0 Å². The van der Waals surface area contributed by atoms with Crippen LogP contribution in [-0.2, 0) is 14.3 Å². The first-order valence-electron chi connectivity index (χ1n) is 4.49. The van der Waals surface area contributed by atoms with E-state index in [0.29, 0.717) is 0 Å². The molecule has 0 unspecified atom stereocenters. The Balaban J connectivity index is 3.60. The highest BCUT2D eigenvalue weighted by molar-refractivity contribution is 6.58. The van der Waals surface area contributed by atoms with Crippen molar-refractivity contribution in [2.24, 2.45) is 5.10 Å². The van der Waals surface area contributed by atoms with E-state index in [2.05, 4.69) is 20.0 Å². The molecule has 0 aromatic carbocycles. The fraction of sp³-hybridized carbons (Fsp3) is 0.625. The van der Waals surface area contributed by atoms with Crippen LogP contribution in [0.2, 0.25) is 0 Å². The summed E-state index contributed by atoms with van der Waals surface area (Å²) in [6.45, 7) is -1.20. The summed E-state index contributed by atoms with van der Waals surface area (Å²) in [5, 5.41) is 10.6. The van der Waals surface area contributed by atoms with Crippen molar-refractivity contribution in [3.05, 3.63) is 0 Å². The van der Waals surface area contributed by atoms with Crippen molar-refractivity contribution < 1.29 is 23.0 Å². The van der Waals surface area contributed by atoms with Gasteiger partial charge in [-0.05, 0) is 6.92 Å². The first kappa shape index (κ1) is 14.4. The van der Waals surface area contributed by atoms with Gasteiger partial charge in [0.1, 0.15) is 0 Å². The summed E-state index contributed by atoms with van der Waals surface area (Å²) in [4.78, 5) is 10.9. The lowest BCUT2D eigenvalue weighted by Crippen LogP contribution is -2.21. The molecule has 0 bridgehead atoms. The number of carbonyl (C=O) groups is 1. The normalized spacial score (nSPS) is 10.8. The van der Waals surface area contributed by atoms with Crippen LogP contribution >= 0.6 is 0 Å². The molecule has 0 amide bonds. The van der Waals surface area contributed by atoms with Gasteiger partial charge in [-0.2, -0.15) is 13.9 Å². The van der Waals surface area contributed by atoms with E-state index in [4.69, 9.17) is 5.41 Å². The second-order valence-corrected chi connectivity index (χ2v) is 2.43. The molecule has 0 atom stereocenters. The lowest BCUT2D eigenvalue weighted by Gasteiger charge is -2.01. The van der Waals surface area contributed by atoms with Crippen LogP contribution < -0.4 is 5.43 Å². The summed E-state index contributed by atoms with van der Waals surface area (Å²) < 4.78 is 31.4. The number of esters is 1. The number of hydrazone groups is 1. The third kappa shape index (κ3) is 7.80. The van der Waals surface area contributed by atoms with Gasteiger partial charge in [-0.3, -0.25) is 5.41 Å². The fourth-order valence-corrected chi connectivity index (χ4v) is 0.630. The van der Waals surface area contributed by atoms with Gasteiger partial charge in [-0.15, -0.1) is 0 Å². The fourth-order valence-electron chi connectivity index (χ4n) is 0.630. The van der Waals surface area contributed by atoms with Crippen LogP contribution in [0.1, 0.15) is 6.92 Å². The topological polar surface area (TPSA) is 83.8 Å². The van der Waals surface area contributed by atoms with E-state index in [1.54, 1.807) is 6.92 Å².